The lowest BCUT2D eigenvalue weighted by atomic mass is 9.99. The van der Waals surface area contributed by atoms with Crippen LogP contribution in [0.1, 0.15) is 33.6 Å². The Morgan fingerprint density at radius 2 is 1.90 bits per heavy atom. The van der Waals surface area contributed by atoms with Crippen molar-refractivity contribution >= 4 is 11.9 Å². The molecule has 1 aliphatic rings. The molecule has 0 heterocycles. The van der Waals surface area contributed by atoms with Crippen LogP contribution in [0.25, 0.3) is 0 Å². The molecule has 0 bridgehead atoms. The van der Waals surface area contributed by atoms with Crippen LogP contribution in [0.5, 0.6) is 0 Å². The van der Waals surface area contributed by atoms with Crippen molar-refractivity contribution < 1.29 is 4.74 Å². The maximum absolute atomic E-state index is 5.40. The Bertz CT molecular complexity index is 503. The van der Waals surface area contributed by atoms with Gasteiger partial charge in [-0.2, -0.15) is 0 Å². The molecule has 1 saturated carbocycles. The maximum Gasteiger partial charge on any atom is 0.222 e. The van der Waals surface area contributed by atoms with Gasteiger partial charge in [-0.3, -0.25) is 4.99 Å². The number of allylic oxidation sites excluding steroid dienone is 4. The van der Waals surface area contributed by atoms with E-state index in [-0.39, 0.29) is 0 Å². The van der Waals surface area contributed by atoms with Gasteiger partial charge in [0.05, 0.1) is 18.4 Å². The van der Waals surface area contributed by atoms with Gasteiger partial charge in [0, 0.05) is 12.4 Å². The number of nitrogens with zero attached hydrogens (tertiary/aromatic N) is 2. The highest BCUT2D eigenvalue weighted by Gasteiger charge is 2.29. The fourth-order valence-corrected chi connectivity index (χ4v) is 1.84. The average molecular weight is 272 g/mol. The third kappa shape index (κ3) is 4.65. The van der Waals surface area contributed by atoms with E-state index in [0.717, 1.165) is 22.4 Å². The fourth-order valence-electron chi connectivity index (χ4n) is 1.84. The first-order valence-corrected chi connectivity index (χ1v) is 6.84. The van der Waals surface area contributed by atoms with Gasteiger partial charge in [-0.05, 0) is 51.2 Å². The zero-order valence-corrected chi connectivity index (χ0v) is 12.9. The van der Waals surface area contributed by atoms with E-state index in [2.05, 4.69) is 23.1 Å². The smallest absolute Gasteiger partial charge is 0.222 e. The van der Waals surface area contributed by atoms with E-state index in [1.807, 2.05) is 26.8 Å². The van der Waals surface area contributed by atoms with Gasteiger partial charge in [-0.15, -0.1) is 0 Å². The molecule has 0 aromatic rings. The molecule has 1 rings (SSSR count). The SMILES string of the molecule is C=C(C)\C=C/N=C(C)\C(C(=C)C1CC1)=C(\N=C/C)OC. The van der Waals surface area contributed by atoms with E-state index in [4.69, 9.17) is 4.74 Å². The van der Waals surface area contributed by atoms with Gasteiger partial charge >= 0.3 is 0 Å². The average Bonchev–Trinajstić information content (AvgIpc) is 3.21. The van der Waals surface area contributed by atoms with E-state index >= 15 is 0 Å². The van der Waals surface area contributed by atoms with Crippen molar-refractivity contribution in [3.05, 3.63) is 48.0 Å². The van der Waals surface area contributed by atoms with Gasteiger partial charge in [0.2, 0.25) is 5.88 Å². The Kier molecular flexibility index (Phi) is 6.16. The molecule has 0 atom stereocenters. The second-order valence-corrected chi connectivity index (χ2v) is 4.95. The summed E-state index contributed by atoms with van der Waals surface area (Å²) in [4.78, 5) is 8.74. The van der Waals surface area contributed by atoms with Crippen molar-refractivity contribution in [2.75, 3.05) is 7.11 Å². The van der Waals surface area contributed by atoms with Crippen molar-refractivity contribution in [1.82, 2.24) is 0 Å². The van der Waals surface area contributed by atoms with E-state index in [9.17, 15) is 0 Å². The molecule has 108 valence electrons. The maximum atomic E-state index is 5.40. The van der Waals surface area contributed by atoms with Crippen LogP contribution in [-0.4, -0.2) is 19.0 Å². The third-order valence-electron chi connectivity index (χ3n) is 3.03. The van der Waals surface area contributed by atoms with E-state index in [0.29, 0.717) is 11.8 Å². The highest BCUT2D eigenvalue weighted by Crippen LogP contribution is 2.40. The van der Waals surface area contributed by atoms with Crippen LogP contribution < -0.4 is 0 Å². The molecule has 0 spiro atoms. The minimum atomic E-state index is 0.539. The van der Waals surface area contributed by atoms with Crippen LogP contribution >= 0.6 is 0 Å². The zero-order valence-electron chi connectivity index (χ0n) is 12.9. The number of methoxy groups -OCH3 is 1. The molecule has 0 aliphatic heterocycles. The quantitative estimate of drug-likeness (QED) is 0.383. The predicted molar refractivity (Wildman–Crippen MR) is 87.1 cm³/mol. The molecular formula is C17H24N2O. The third-order valence-corrected chi connectivity index (χ3v) is 3.03. The van der Waals surface area contributed by atoms with Gasteiger partial charge in [0.1, 0.15) is 0 Å². The van der Waals surface area contributed by atoms with Crippen molar-refractivity contribution in [1.29, 1.82) is 0 Å². The lowest BCUT2D eigenvalue weighted by Gasteiger charge is -2.13. The van der Waals surface area contributed by atoms with Gasteiger partial charge in [0.15, 0.2) is 0 Å². The number of rotatable bonds is 7. The zero-order chi connectivity index (χ0) is 15.1. The first kappa shape index (κ1) is 16.2. The second-order valence-electron chi connectivity index (χ2n) is 4.95. The van der Waals surface area contributed by atoms with Crippen molar-refractivity contribution in [3.8, 4) is 0 Å². The number of ether oxygens (including phenoxy) is 1. The molecular weight excluding hydrogens is 248 g/mol. The molecule has 0 aromatic carbocycles. The van der Waals surface area contributed by atoms with Gasteiger partial charge in [0.25, 0.3) is 0 Å². The van der Waals surface area contributed by atoms with Crippen LogP contribution in [0.15, 0.2) is 58.0 Å². The van der Waals surface area contributed by atoms with Crippen molar-refractivity contribution in [3.63, 3.8) is 0 Å². The Morgan fingerprint density at radius 3 is 2.35 bits per heavy atom. The minimum Gasteiger partial charge on any atom is -0.481 e. The summed E-state index contributed by atoms with van der Waals surface area (Å²) in [5.74, 6) is 1.12. The van der Waals surface area contributed by atoms with Gasteiger partial charge in [-0.25, -0.2) is 4.99 Å². The summed E-state index contributed by atoms with van der Waals surface area (Å²) in [6.07, 6.45) is 7.71. The summed E-state index contributed by atoms with van der Waals surface area (Å²) in [6, 6.07) is 0. The van der Waals surface area contributed by atoms with Crippen LogP contribution in [-0.2, 0) is 4.74 Å². The molecule has 1 fully saturated rings. The Labute approximate surface area is 122 Å². The van der Waals surface area contributed by atoms with Gasteiger partial charge < -0.3 is 4.74 Å². The number of hydrogen-bond acceptors (Lipinski definition) is 3. The Balaban J connectivity index is 3.15. The summed E-state index contributed by atoms with van der Waals surface area (Å²) in [7, 11) is 1.62. The van der Waals surface area contributed by atoms with Crippen molar-refractivity contribution in [2.45, 2.75) is 33.6 Å². The minimum absolute atomic E-state index is 0.539. The van der Waals surface area contributed by atoms with Crippen LogP contribution in [0, 0.1) is 5.92 Å². The molecule has 0 amide bonds. The van der Waals surface area contributed by atoms with E-state index < -0.39 is 0 Å². The first-order valence-electron chi connectivity index (χ1n) is 6.84. The molecule has 20 heavy (non-hydrogen) atoms. The molecule has 0 radical (unpaired) electrons. The summed E-state index contributed by atoms with van der Waals surface area (Å²) < 4.78 is 5.40. The van der Waals surface area contributed by atoms with Crippen LogP contribution in [0.2, 0.25) is 0 Å². The predicted octanol–water partition coefficient (Wildman–Crippen LogP) is 4.45. The second kappa shape index (κ2) is 7.63. The topological polar surface area (TPSA) is 34.0 Å². The molecule has 0 saturated heterocycles. The van der Waals surface area contributed by atoms with Gasteiger partial charge in [-0.1, -0.05) is 18.7 Å². The number of aliphatic imine (C=N–C) groups is 2. The lowest BCUT2D eigenvalue weighted by molar-refractivity contribution is 0.286. The van der Waals surface area contributed by atoms with E-state index in [1.54, 1.807) is 19.5 Å². The monoisotopic (exact) mass is 272 g/mol. The van der Waals surface area contributed by atoms with E-state index in [1.165, 1.54) is 12.8 Å². The summed E-state index contributed by atoms with van der Waals surface area (Å²) >= 11 is 0. The summed E-state index contributed by atoms with van der Waals surface area (Å²) in [5.41, 5.74) is 3.81. The molecule has 3 nitrogen and oxygen atoms in total. The Morgan fingerprint density at radius 1 is 1.25 bits per heavy atom. The van der Waals surface area contributed by atoms with Crippen LogP contribution in [0.3, 0.4) is 0 Å². The summed E-state index contributed by atoms with van der Waals surface area (Å²) in [5, 5.41) is 0. The first-order chi connectivity index (χ1) is 9.51. The Hall–Kier alpha value is -1.90. The highest BCUT2D eigenvalue weighted by atomic mass is 16.5. The highest BCUT2D eigenvalue weighted by molar-refractivity contribution is 6.03. The lowest BCUT2D eigenvalue weighted by Crippen LogP contribution is -2.07. The molecule has 0 aromatic heterocycles. The van der Waals surface area contributed by atoms with Crippen molar-refractivity contribution in [2.24, 2.45) is 15.9 Å². The normalized spacial score (nSPS) is 17.5. The standard InChI is InChI=1S/C17H24N2O/c1-7-18-17(20-6)16(13(4)15-8-9-15)14(5)19-11-10-12(2)3/h7,10-11,15H,2,4,8-9H2,1,3,5-6H3/b11-10-,17-16-,18-7-,19-14-. The fraction of sp³-hybridized carbons (Fsp3) is 0.412. The molecule has 0 N–H and O–H groups in total. The largest absolute Gasteiger partial charge is 0.481 e. The molecule has 0 unspecified atom stereocenters. The summed E-state index contributed by atoms with van der Waals surface area (Å²) in [6.45, 7) is 13.8. The molecule has 1 aliphatic carbocycles. The number of hydrogen-bond donors (Lipinski definition) is 0. The molecule has 3 heteroatoms. The van der Waals surface area contributed by atoms with Crippen LogP contribution in [0.4, 0.5) is 0 Å².